The van der Waals surface area contributed by atoms with Crippen LogP contribution in [0.4, 0.5) is 5.82 Å². The summed E-state index contributed by atoms with van der Waals surface area (Å²) < 4.78 is 0. The zero-order valence-corrected chi connectivity index (χ0v) is 11.3. The van der Waals surface area contributed by atoms with Gasteiger partial charge in [-0.25, -0.2) is 15.8 Å². The van der Waals surface area contributed by atoms with E-state index < -0.39 is 0 Å². The number of nitrogens with two attached hydrogens (primary N) is 1. The highest BCUT2D eigenvalue weighted by atomic mass is 16.1. The number of likely N-dealkylation sites (N-methyl/N-ethyl adjacent to an activating group) is 1. The van der Waals surface area contributed by atoms with E-state index in [9.17, 15) is 4.79 Å². The number of hydrogen-bond acceptors (Lipinski definition) is 6. The lowest BCUT2D eigenvalue weighted by atomic mass is 9.75. The molecule has 1 aromatic heterocycles. The van der Waals surface area contributed by atoms with E-state index in [4.69, 9.17) is 5.84 Å². The van der Waals surface area contributed by atoms with Crippen molar-refractivity contribution in [2.45, 2.75) is 24.8 Å². The third-order valence-corrected chi connectivity index (χ3v) is 3.84. The number of anilines is 1. The Morgan fingerprint density at radius 2 is 2.16 bits per heavy atom. The molecule has 2 rings (SSSR count). The van der Waals surface area contributed by atoms with Gasteiger partial charge in [-0.1, -0.05) is 0 Å². The molecule has 7 heteroatoms. The molecular formula is C12H20N6O. The molecule has 1 heterocycles. The molecule has 1 aliphatic carbocycles. The minimum atomic E-state index is -0.204. The van der Waals surface area contributed by atoms with Gasteiger partial charge in [0.1, 0.15) is 5.69 Å². The number of aromatic nitrogens is 2. The first-order chi connectivity index (χ1) is 9.07. The molecule has 0 unspecified atom stereocenters. The number of nitrogen functional groups attached to an aromatic ring is 1. The van der Waals surface area contributed by atoms with Gasteiger partial charge in [0.25, 0.3) is 5.91 Å². The quantitative estimate of drug-likeness (QED) is 0.511. The van der Waals surface area contributed by atoms with E-state index in [1.54, 1.807) is 0 Å². The van der Waals surface area contributed by atoms with Crippen molar-refractivity contribution in [1.29, 1.82) is 0 Å². The molecule has 104 valence electrons. The lowest BCUT2D eigenvalue weighted by molar-refractivity contribution is 0.0556. The summed E-state index contributed by atoms with van der Waals surface area (Å²) >= 11 is 0. The summed E-state index contributed by atoms with van der Waals surface area (Å²) in [4.78, 5) is 22.1. The maximum atomic E-state index is 12.0. The van der Waals surface area contributed by atoms with E-state index in [0.717, 1.165) is 12.8 Å². The Bertz CT molecular complexity index is 440. The van der Waals surface area contributed by atoms with Crippen molar-refractivity contribution < 1.29 is 4.79 Å². The molecule has 0 saturated heterocycles. The molecule has 0 aliphatic heterocycles. The van der Waals surface area contributed by atoms with Crippen molar-refractivity contribution in [1.82, 2.24) is 20.2 Å². The number of carbonyl (C=O) groups excluding carboxylic acids is 1. The number of carbonyl (C=O) groups is 1. The number of hydrogen-bond donors (Lipinski definition) is 3. The predicted molar refractivity (Wildman–Crippen MR) is 72.4 cm³/mol. The third kappa shape index (κ3) is 2.82. The zero-order valence-electron chi connectivity index (χ0n) is 11.3. The lowest BCUT2D eigenvalue weighted by Gasteiger charge is -2.47. The summed E-state index contributed by atoms with van der Waals surface area (Å²) in [5.41, 5.74) is 2.77. The first kappa shape index (κ1) is 13.7. The molecule has 19 heavy (non-hydrogen) atoms. The van der Waals surface area contributed by atoms with Crippen LogP contribution < -0.4 is 16.6 Å². The molecule has 1 saturated carbocycles. The van der Waals surface area contributed by atoms with Gasteiger partial charge in [-0.05, 0) is 33.4 Å². The van der Waals surface area contributed by atoms with Crippen LogP contribution in [0.1, 0.15) is 29.8 Å². The molecule has 1 aromatic rings. The number of nitrogens with zero attached hydrogens (tertiary/aromatic N) is 3. The SMILES string of the molecule is CN(C)C1(CNC(=O)c2cnc(NN)cn2)CCC1. The van der Waals surface area contributed by atoms with Gasteiger partial charge in [-0.2, -0.15) is 0 Å². The average molecular weight is 264 g/mol. The minimum Gasteiger partial charge on any atom is -0.349 e. The van der Waals surface area contributed by atoms with Crippen molar-refractivity contribution in [3.8, 4) is 0 Å². The highest BCUT2D eigenvalue weighted by Crippen LogP contribution is 2.35. The van der Waals surface area contributed by atoms with E-state index in [0.29, 0.717) is 18.1 Å². The summed E-state index contributed by atoms with van der Waals surface area (Å²) in [5, 5.41) is 2.93. The van der Waals surface area contributed by atoms with Crippen LogP contribution in [0.5, 0.6) is 0 Å². The Morgan fingerprint density at radius 1 is 1.42 bits per heavy atom. The van der Waals surface area contributed by atoms with Crippen molar-refractivity contribution >= 4 is 11.7 Å². The van der Waals surface area contributed by atoms with Crippen molar-refractivity contribution in [3.05, 3.63) is 18.1 Å². The van der Waals surface area contributed by atoms with Gasteiger partial charge < -0.3 is 15.6 Å². The number of hydrazine groups is 1. The van der Waals surface area contributed by atoms with Gasteiger partial charge in [0.15, 0.2) is 5.82 Å². The first-order valence-corrected chi connectivity index (χ1v) is 6.32. The van der Waals surface area contributed by atoms with E-state index in [1.807, 2.05) is 14.1 Å². The molecule has 1 amide bonds. The number of rotatable bonds is 5. The van der Waals surface area contributed by atoms with Crippen LogP contribution in [0.3, 0.4) is 0 Å². The highest BCUT2D eigenvalue weighted by Gasteiger charge is 2.39. The van der Waals surface area contributed by atoms with Crippen LogP contribution in [0.25, 0.3) is 0 Å². The lowest BCUT2D eigenvalue weighted by Crippen LogP contribution is -2.57. The molecule has 0 aromatic carbocycles. The van der Waals surface area contributed by atoms with Gasteiger partial charge in [0.05, 0.1) is 12.4 Å². The van der Waals surface area contributed by atoms with Crippen LogP contribution in [-0.2, 0) is 0 Å². The van der Waals surface area contributed by atoms with Crippen LogP contribution in [-0.4, -0.2) is 47.0 Å². The topological polar surface area (TPSA) is 96.2 Å². The summed E-state index contributed by atoms with van der Waals surface area (Å²) in [5.74, 6) is 5.42. The molecule has 4 N–H and O–H groups in total. The Balaban J connectivity index is 1.93. The predicted octanol–water partition coefficient (Wildman–Crippen LogP) is -0.0237. The van der Waals surface area contributed by atoms with Gasteiger partial charge >= 0.3 is 0 Å². The number of nitrogens with one attached hydrogen (secondary N) is 2. The second kappa shape index (κ2) is 5.50. The maximum absolute atomic E-state index is 12.0. The molecule has 0 atom stereocenters. The van der Waals surface area contributed by atoms with Crippen LogP contribution >= 0.6 is 0 Å². The zero-order chi connectivity index (χ0) is 13.9. The van der Waals surface area contributed by atoms with E-state index >= 15 is 0 Å². The van der Waals surface area contributed by atoms with E-state index in [-0.39, 0.29) is 11.4 Å². The Labute approximate surface area is 112 Å². The number of amides is 1. The molecule has 0 bridgehead atoms. The molecule has 1 aliphatic rings. The third-order valence-electron chi connectivity index (χ3n) is 3.84. The smallest absolute Gasteiger partial charge is 0.271 e. The fourth-order valence-corrected chi connectivity index (χ4v) is 2.22. The summed E-state index contributed by atoms with van der Waals surface area (Å²) in [6, 6.07) is 0. The molecule has 7 nitrogen and oxygen atoms in total. The molecule has 0 spiro atoms. The van der Waals surface area contributed by atoms with Crippen molar-refractivity contribution in [2.24, 2.45) is 5.84 Å². The fourth-order valence-electron chi connectivity index (χ4n) is 2.22. The van der Waals surface area contributed by atoms with E-state index in [1.165, 1.54) is 18.8 Å². The van der Waals surface area contributed by atoms with Crippen molar-refractivity contribution in [3.63, 3.8) is 0 Å². The van der Waals surface area contributed by atoms with Crippen LogP contribution in [0, 0.1) is 0 Å². The van der Waals surface area contributed by atoms with Crippen molar-refractivity contribution in [2.75, 3.05) is 26.1 Å². The van der Waals surface area contributed by atoms with Gasteiger partial charge in [0, 0.05) is 12.1 Å². The second-order valence-electron chi connectivity index (χ2n) is 5.09. The van der Waals surface area contributed by atoms with Gasteiger partial charge in [-0.3, -0.25) is 4.79 Å². The largest absolute Gasteiger partial charge is 0.349 e. The van der Waals surface area contributed by atoms with Gasteiger partial charge in [-0.15, -0.1) is 0 Å². The van der Waals surface area contributed by atoms with Crippen LogP contribution in [0.15, 0.2) is 12.4 Å². The minimum absolute atomic E-state index is 0.0991. The normalized spacial score (nSPS) is 16.8. The summed E-state index contributed by atoms with van der Waals surface area (Å²) in [7, 11) is 4.10. The van der Waals surface area contributed by atoms with Crippen LogP contribution in [0.2, 0.25) is 0 Å². The Morgan fingerprint density at radius 3 is 2.58 bits per heavy atom. The van der Waals surface area contributed by atoms with Gasteiger partial charge in [0.2, 0.25) is 0 Å². The Kier molecular flexibility index (Phi) is 3.96. The first-order valence-electron chi connectivity index (χ1n) is 6.32. The highest BCUT2D eigenvalue weighted by molar-refractivity contribution is 5.92. The standard InChI is InChI=1S/C12H20N6O/c1-18(2)12(4-3-5-12)8-16-11(19)9-6-15-10(17-13)7-14-9/h6-7H,3-5,8,13H2,1-2H3,(H,15,17)(H,16,19). The Hall–Kier alpha value is -1.73. The molecule has 0 radical (unpaired) electrons. The molecular weight excluding hydrogens is 244 g/mol. The monoisotopic (exact) mass is 264 g/mol. The van der Waals surface area contributed by atoms with E-state index in [2.05, 4.69) is 25.6 Å². The summed E-state index contributed by atoms with van der Waals surface area (Å²) in [6.45, 7) is 0.636. The molecule has 1 fully saturated rings. The summed E-state index contributed by atoms with van der Waals surface area (Å²) in [6.07, 6.45) is 6.28. The fraction of sp³-hybridized carbons (Fsp3) is 0.583. The maximum Gasteiger partial charge on any atom is 0.271 e. The second-order valence-corrected chi connectivity index (χ2v) is 5.09. The average Bonchev–Trinajstić information content (AvgIpc) is 2.37.